The highest BCUT2D eigenvalue weighted by Crippen LogP contribution is 2.67. The smallest absolute Gasteiger partial charge is 0.118 e. The zero-order valence-corrected chi connectivity index (χ0v) is 17.3. The van der Waals surface area contributed by atoms with Gasteiger partial charge in [0, 0.05) is 0 Å². The number of methoxy groups -OCH3 is 1. The van der Waals surface area contributed by atoms with Crippen LogP contribution in [0.1, 0.15) is 64.9 Å². The van der Waals surface area contributed by atoms with Crippen LogP contribution in [-0.2, 0) is 9.47 Å². The van der Waals surface area contributed by atoms with Crippen molar-refractivity contribution in [2.24, 2.45) is 11.3 Å². The minimum Gasteiger partial charge on any atom is -0.497 e. The van der Waals surface area contributed by atoms with Crippen LogP contribution in [0.3, 0.4) is 0 Å². The lowest BCUT2D eigenvalue weighted by Gasteiger charge is -2.09. The predicted molar refractivity (Wildman–Crippen MR) is 105 cm³/mol. The highest BCUT2D eigenvalue weighted by molar-refractivity contribution is 5.36. The Balaban J connectivity index is 1.26. The van der Waals surface area contributed by atoms with E-state index in [9.17, 15) is 5.11 Å². The SMILES string of the molecule is COc1ccc(C2[C@@H](CC[C@]3(C)O[C@H]3CC[C@]3(C)O[C@H]3CO)C2(C)C)cc1. The van der Waals surface area contributed by atoms with E-state index in [2.05, 4.69) is 52.0 Å². The van der Waals surface area contributed by atoms with Crippen molar-refractivity contribution in [2.75, 3.05) is 13.7 Å². The number of rotatable bonds is 9. The van der Waals surface area contributed by atoms with E-state index in [0.29, 0.717) is 17.4 Å². The van der Waals surface area contributed by atoms with Crippen LogP contribution in [0.25, 0.3) is 0 Å². The summed E-state index contributed by atoms with van der Waals surface area (Å²) in [5, 5.41) is 9.21. The minimum absolute atomic E-state index is 0.0278. The third-order valence-electron chi connectivity index (χ3n) is 7.62. The molecule has 0 aromatic heterocycles. The molecule has 2 aliphatic heterocycles. The zero-order valence-electron chi connectivity index (χ0n) is 17.3. The molecular weight excluding hydrogens is 340 g/mol. The summed E-state index contributed by atoms with van der Waals surface area (Å²) in [6.45, 7) is 9.26. The number of aliphatic hydroxyl groups excluding tert-OH is 1. The van der Waals surface area contributed by atoms with Gasteiger partial charge in [0.05, 0.1) is 31.0 Å². The molecule has 1 N–H and O–H groups in total. The van der Waals surface area contributed by atoms with Gasteiger partial charge in [0.1, 0.15) is 11.9 Å². The van der Waals surface area contributed by atoms with Crippen LogP contribution in [0, 0.1) is 11.3 Å². The lowest BCUT2D eigenvalue weighted by atomic mass is 9.92. The number of benzene rings is 1. The molecule has 4 heteroatoms. The van der Waals surface area contributed by atoms with Crippen molar-refractivity contribution in [1.29, 1.82) is 0 Å². The Morgan fingerprint density at radius 3 is 2.11 bits per heavy atom. The van der Waals surface area contributed by atoms with Gasteiger partial charge in [0.25, 0.3) is 0 Å². The van der Waals surface area contributed by atoms with Crippen molar-refractivity contribution in [3.63, 3.8) is 0 Å². The molecule has 2 heterocycles. The third kappa shape index (κ3) is 3.52. The summed E-state index contributed by atoms with van der Waals surface area (Å²) < 4.78 is 17.0. The van der Waals surface area contributed by atoms with Crippen molar-refractivity contribution < 1.29 is 19.3 Å². The lowest BCUT2D eigenvalue weighted by molar-refractivity contribution is 0.233. The van der Waals surface area contributed by atoms with Gasteiger partial charge < -0.3 is 19.3 Å². The van der Waals surface area contributed by atoms with Crippen molar-refractivity contribution in [3.05, 3.63) is 29.8 Å². The molecule has 27 heavy (non-hydrogen) atoms. The maximum absolute atomic E-state index is 9.21. The average Bonchev–Trinajstić information content (AvgIpc) is 3.57. The Hall–Kier alpha value is -1.10. The van der Waals surface area contributed by atoms with Crippen molar-refractivity contribution in [2.45, 2.75) is 82.7 Å². The second-order valence-electron chi connectivity index (χ2n) is 9.78. The van der Waals surface area contributed by atoms with Crippen LogP contribution in [0.15, 0.2) is 24.3 Å². The van der Waals surface area contributed by atoms with E-state index in [1.807, 2.05) is 0 Å². The Labute approximate surface area is 163 Å². The van der Waals surface area contributed by atoms with E-state index in [0.717, 1.165) is 30.9 Å². The summed E-state index contributed by atoms with van der Waals surface area (Å²) in [5.74, 6) is 2.27. The molecule has 2 saturated heterocycles. The molecule has 0 radical (unpaired) electrons. The normalized spacial score (nSPS) is 41.3. The summed E-state index contributed by atoms with van der Waals surface area (Å²) in [4.78, 5) is 0. The first-order valence-electron chi connectivity index (χ1n) is 10.3. The number of hydrogen-bond donors (Lipinski definition) is 1. The Kier molecular flexibility index (Phi) is 4.60. The molecule has 3 aliphatic rings. The van der Waals surface area contributed by atoms with E-state index in [-0.39, 0.29) is 23.9 Å². The van der Waals surface area contributed by atoms with E-state index >= 15 is 0 Å². The largest absolute Gasteiger partial charge is 0.497 e. The lowest BCUT2D eigenvalue weighted by Crippen LogP contribution is -2.16. The predicted octanol–water partition coefficient (Wildman–Crippen LogP) is 4.30. The van der Waals surface area contributed by atoms with Crippen LogP contribution in [0.4, 0.5) is 0 Å². The molecule has 1 aromatic carbocycles. The Bertz CT molecular complexity index is 684. The summed E-state index contributed by atoms with van der Waals surface area (Å²) in [6.07, 6.45) is 4.71. The Morgan fingerprint density at radius 2 is 1.52 bits per heavy atom. The molecule has 1 aromatic rings. The summed E-state index contributed by atoms with van der Waals surface area (Å²) in [7, 11) is 1.71. The van der Waals surface area contributed by atoms with Crippen LogP contribution in [-0.4, -0.2) is 42.2 Å². The monoisotopic (exact) mass is 374 g/mol. The fraction of sp³-hybridized carbons (Fsp3) is 0.739. The topological polar surface area (TPSA) is 54.5 Å². The van der Waals surface area contributed by atoms with Gasteiger partial charge in [-0.25, -0.2) is 0 Å². The van der Waals surface area contributed by atoms with Crippen LogP contribution < -0.4 is 4.74 Å². The number of hydrogen-bond acceptors (Lipinski definition) is 4. The van der Waals surface area contributed by atoms with Crippen LogP contribution in [0.2, 0.25) is 0 Å². The molecule has 4 rings (SSSR count). The van der Waals surface area contributed by atoms with Gasteiger partial charge in [0.15, 0.2) is 0 Å². The van der Waals surface area contributed by atoms with E-state index < -0.39 is 0 Å². The number of epoxide rings is 2. The number of ether oxygens (including phenoxy) is 3. The Morgan fingerprint density at radius 1 is 0.926 bits per heavy atom. The molecule has 0 amide bonds. The molecular formula is C23H34O4. The van der Waals surface area contributed by atoms with E-state index in [1.54, 1.807) is 7.11 Å². The third-order valence-corrected chi connectivity index (χ3v) is 7.62. The molecule has 0 spiro atoms. The van der Waals surface area contributed by atoms with Gasteiger partial charge in [0.2, 0.25) is 0 Å². The highest BCUT2D eigenvalue weighted by Gasteiger charge is 2.60. The second kappa shape index (κ2) is 6.47. The van der Waals surface area contributed by atoms with Crippen molar-refractivity contribution in [1.82, 2.24) is 0 Å². The minimum atomic E-state index is -0.125. The molecule has 6 atom stereocenters. The van der Waals surface area contributed by atoms with E-state index in [1.165, 1.54) is 12.0 Å². The average molecular weight is 375 g/mol. The standard InChI is InChI=1S/C23H34O4/c1-21(2)17(20(21)15-6-8-16(25-5)9-7-15)10-12-22(3)18(26-22)11-13-23(4)19(14-24)27-23/h6-9,17-20,24H,10-14H2,1-5H3/t17-,18+,19+,20?,22+,23+/m1/s1. The van der Waals surface area contributed by atoms with Gasteiger partial charge in [-0.15, -0.1) is 0 Å². The maximum atomic E-state index is 9.21. The molecule has 4 nitrogen and oxygen atoms in total. The van der Waals surface area contributed by atoms with Crippen molar-refractivity contribution >= 4 is 0 Å². The van der Waals surface area contributed by atoms with Gasteiger partial charge in [-0.3, -0.25) is 0 Å². The first-order chi connectivity index (χ1) is 12.7. The van der Waals surface area contributed by atoms with Gasteiger partial charge in [-0.1, -0.05) is 26.0 Å². The molecule has 1 aliphatic carbocycles. The summed E-state index contributed by atoms with van der Waals surface area (Å²) in [6, 6.07) is 8.58. The molecule has 1 unspecified atom stereocenters. The first-order valence-corrected chi connectivity index (χ1v) is 10.3. The highest BCUT2D eigenvalue weighted by atomic mass is 16.6. The first kappa shape index (κ1) is 19.2. The molecule has 150 valence electrons. The van der Waals surface area contributed by atoms with Crippen molar-refractivity contribution in [3.8, 4) is 5.75 Å². The van der Waals surface area contributed by atoms with Crippen LogP contribution in [0.5, 0.6) is 5.75 Å². The fourth-order valence-electron chi connectivity index (χ4n) is 5.23. The molecule has 3 fully saturated rings. The van der Waals surface area contributed by atoms with Gasteiger partial charge >= 0.3 is 0 Å². The molecule has 0 bridgehead atoms. The number of aliphatic hydroxyl groups is 1. The second-order valence-corrected chi connectivity index (χ2v) is 9.78. The van der Waals surface area contributed by atoms with E-state index in [4.69, 9.17) is 14.2 Å². The quantitative estimate of drug-likeness (QED) is 0.655. The summed E-state index contributed by atoms with van der Waals surface area (Å²) >= 11 is 0. The van der Waals surface area contributed by atoms with Crippen LogP contribution >= 0.6 is 0 Å². The zero-order chi connectivity index (χ0) is 19.4. The summed E-state index contributed by atoms with van der Waals surface area (Å²) in [5.41, 5.74) is 1.69. The molecule has 1 saturated carbocycles. The fourth-order valence-corrected chi connectivity index (χ4v) is 5.23. The van der Waals surface area contributed by atoms with Gasteiger partial charge in [-0.05, 0) is 74.5 Å². The van der Waals surface area contributed by atoms with Gasteiger partial charge in [-0.2, -0.15) is 0 Å². The maximum Gasteiger partial charge on any atom is 0.118 e.